The van der Waals surface area contributed by atoms with Crippen LogP contribution in [0.2, 0.25) is 0 Å². The molecule has 1 aliphatic heterocycles. The molecular formula is C23H31N3O3S2. The van der Waals surface area contributed by atoms with E-state index < -0.39 is 10.0 Å². The van der Waals surface area contributed by atoms with Crippen LogP contribution in [0.1, 0.15) is 22.3 Å². The largest absolute Gasteiger partial charge is 0.325 e. The van der Waals surface area contributed by atoms with E-state index in [1.54, 1.807) is 18.2 Å². The number of hydrogen-bond donors (Lipinski definition) is 1. The SMILES string of the molecule is Cc1ccc(S(=O)(=O)N(C)CC(=O)Nc2ccc(CN3CCSCC3)cc2C)cc1C. The molecule has 0 unspecified atom stereocenters. The van der Waals surface area contributed by atoms with Gasteiger partial charge in [-0.1, -0.05) is 18.2 Å². The Kier molecular flexibility index (Phi) is 7.80. The molecule has 1 heterocycles. The van der Waals surface area contributed by atoms with Crippen molar-refractivity contribution in [3.05, 3.63) is 58.7 Å². The van der Waals surface area contributed by atoms with Crippen molar-refractivity contribution < 1.29 is 13.2 Å². The number of nitrogens with zero attached hydrogens (tertiary/aromatic N) is 2. The Labute approximate surface area is 190 Å². The Bertz CT molecular complexity index is 1050. The molecule has 1 saturated heterocycles. The van der Waals surface area contributed by atoms with Gasteiger partial charge in [0.25, 0.3) is 0 Å². The Balaban J connectivity index is 1.62. The fourth-order valence-corrected chi connectivity index (χ4v) is 5.70. The summed E-state index contributed by atoms with van der Waals surface area (Å²) in [7, 11) is -2.31. The number of rotatable bonds is 7. The highest BCUT2D eigenvalue weighted by molar-refractivity contribution is 7.99. The molecule has 1 N–H and O–H groups in total. The Morgan fingerprint density at radius 1 is 1.03 bits per heavy atom. The second kappa shape index (κ2) is 10.2. The van der Waals surface area contributed by atoms with Gasteiger partial charge >= 0.3 is 0 Å². The number of aryl methyl sites for hydroxylation is 3. The standard InChI is InChI=1S/C23H31N3O3S2/c1-17-5-7-21(14-18(17)2)31(28,29)25(4)16-23(27)24-22-8-6-20(13-19(22)3)15-26-9-11-30-12-10-26/h5-8,13-14H,9-12,15-16H2,1-4H3,(H,24,27). The highest BCUT2D eigenvalue weighted by Gasteiger charge is 2.23. The summed E-state index contributed by atoms with van der Waals surface area (Å²) < 4.78 is 26.7. The number of sulfonamides is 1. The zero-order valence-corrected chi connectivity index (χ0v) is 20.3. The van der Waals surface area contributed by atoms with Gasteiger partial charge in [-0.15, -0.1) is 0 Å². The molecule has 1 amide bonds. The van der Waals surface area contributed by atoms with E-state index in [1.807, 2.05) is 44.7 Å². The van der Waals surface area contributed by atoms with E-state index in [0.717, 1.165) is 40.6 Å². The molecule has 0 aliphatic carbocycles. The highest BCUT2D eigenvalue weighted by atomic mass is 32.2. The molecule has 8 heteroatoms. The summed E-state index contributed by atoms with van der Waals surface area (Å²) in [5.41, 5.74) is 4.82. The first-order chi connectivity index (χ1) is 14.7. The summed E-state index contributed by atoms with van der Waals surface area (Å²) in [5, 5.41) is 2.85. The lowest BCUT2D eigenvalue weighted by molar-refractivity contribution is -0.116. The molecule has 2 aromatic carbocycles. The number of benzene rings is 2. The van der Waals surface area contributed by atoms with Crippen LogP contribution in [0.5, 0.6) is 0 Å². The number of nitrogens with one attached hydrogen (secondary N) is 1. The van der Waals surface area contributed by atoms with Crippen LogP contribution < -0.4 is 5.32 Å². The van der Waals surface area contributed by atoms with Crippen LogP contribution in [0.25, 0.3) is 0 Å². The number of carbonyl (C=O) groups excluding carboxylic acids is 1. The molecule has 3 rings (SSSR count). The van der Waals surface area contributed by atoms with Crippen molar-refractivity contribution in [3.8, 4) is 0 Å². The van der Waals surface area contributed by atoms with Crippen molar-refractivity contribution in [2.24, 2.45) is 0 Å². The van der Waals surface area contributed by atoms with Gasteiger partial charge in [0, 0.05) is 43.9 Å². The maximum Gasteiger partial charge on any atom is 0.243 e. The molecule has 0 atom stereocenters. The summed E-state index contributed by atoms with van der Waals surface area (Å²) in [6.07, 6.45) is 0. The smallest absolute Gasteiger partial charge is 0.243 e. The molecule has 2 aromatic rings. The van der Waals surface area contributed by atoms with E-state index >= 15 is 0 Å². The molecule has 0 bridgehead atoms. The number of carbonyl (C=O) groups is 1. The maximum atomic E-state index is 12.8. The molecule has 0 spiro atoms. The summed E-state index contributed by atoms with van der Waals surface area (Å²) in [6, 6.07) is 11.0. The monoisotopic (exact) mass is 461 g/mol. The summed E-state index contributed by atoms with van der Waals surface area (Å²) in [5.74, 6) is 1.98. The first kappa shape index (κ1) is 23.8. The highest BCUT2D eigenvalue weighted by Crippen LogP contribution is 2.21. The molecule has 31 heavy (non-hydrogen) atoms. The molecule has 0 saturated carbocycles. The van der Waals surface area contributed by atoms with Gasteiger partial charge in [-0.25, -0.2) is 8.42 Å². The minimum atomic E-state index is -3.73. The minimum absolute atomic E-state index is 0.197. The zero-order chi connectivity index (χ0) is 22.6. The molecule has 0 radical (unpaired) electrons. The van der Waals surface area contributed by atoms with Gasteiger partial charge in [0.1, 0.15) is 0 Å². The average molecular weight is 462 g/mol. The van der Waals surface area contributed by atoms with Gasteiger partial charge in [-0.3, -0.25) is 9.69 Å². The minimum Gasteiger partial charge on any atom is -0.325 e. The van der Waals surface area contributed by atoms with Crippen molar-refractivity contribution in [3.63, 3.8) is 0 Å². The summed E-state index contributed by atoms with van der Waals surface area (Å²) in [6.45, 7) is 8.63. The molecule has 0 aromatic heterocycles. The predicted octanol–water partition coefficient (Wildman–Crippen LogP) is 3.42. The molecule has 1 aliphatic rings. The lowest BCUT2D eigenvalue weighted by Crippen LogP contribution is -2.35. The molecular weight excluding hydrogens is 430 g/mol. The van der Waals surface area contributed by atoms with Gasteiger partial charge in [0.05, 0.1) is 11.4 Å². The fraction of sp³-hybridized carbons (Fsp3) is 0.435. The first-order valence-electron chi connectivity index (χ1n) is 10.4. The summed E-state index contributed by atoms with van der Waals surface area (Å²) in [4.78, 5) is 15.2. The van der Waals surface area contributed by atoms with E-state index in [9.17, 15) is 13.2 Å². The van der Waals surface area contributed by atoms with Crippen molar-refractivity contribution in [1.29, 1.82) is 0 Å². The Morgan fingerprint density at radius 3 is 2.39 bits per heavy atom. The van der Waals surface area contributed by atoms with Crippen LogP contribution in [-0.4, -0.2) is 61.7 Å². The fourth-order valence-electron chi connectivity index (χ4n) is 3.51. The van der Waals surface area contributed by atoms with Crippen LogP contribution in [0, 0.1) is 20.8 Å². The average Bonchev–Trinajstić information content (AvgIpc) is 2.72. The molecule has 1 fully saturated rings. The lowest BCUT2D eigenvalue weighted by Gasteiger charge is -2.26. The second-order valence-electron chi connectivity index (χ2n) is 8.09. The number of anilines is 1. The number of thioether (sulfide) groups is 1. The van der Waals surface area contributed by atoms with Crippen LogP contribution in [-0.2, 0) is 21.4 Å². The van der Waals surface area contributed by atoms with Gasteiger partial charge in [0.2, 0.25) is 15.9 Å². The molecule has 168 valence electrons. The second-order valence-corrected chi connectivity index (χ2v) is 11.4. The number of likely N-dealkylation sites (N-methyl/N-ethyl adjacent to an activating group) is 1. The van der Waals surface area contributed by atoms with Crippen molar-refractivity contribution >= 4 is 33.4 Å². The van der Waals surface area contributed by atoms with E-state index in [0.29, 0.717) is 5.69 Å². The normalized spacial score (nSPS) is 15.3. The van der Waals surface area contributed by atoms with Gasteiger partial charge in [-0.05, 0) is 61.2 Å². The maximum absolute atomic E-state index is 12.8. The van der Waals surface area contributed by atoms with E-state index in [1.165, 1.54) is 24.1 Å². The third-order valence-corrected chi connectivity index (χ3v) is 8.37. The van der Waals surface area contributed by atoms with Gasteiger partial charge in [0.15, 0.2) is 0 Å². The van der Waals surface area contributed by atoms with Crippen molar-refractivity contribution in [1.82, 2.24) is 9.21 Å². The quantitative estimate of drug-likeness (QED) is 0.684. The third kappa shape index (κ3) is 6.10. The summed E-state index contributed by atoms with van der Waals surface area (Å²) >= 11 is 1.99. The first-order valence-corrected chi connectivity index (χ1v) is 13.0. The Hall–Kier alpha value is -1.87. The van der Waals surface area contributed by atoms with Crippen LogP contribution in [0.4, 0.5) is 5.69 Å². The van der Waals surface area contributed by atoms with Crippen LogP contribution in [0.3, 0.4) is 0 Å². The van der Waals surface area contributed by atoms with E-state index in [2.05, 4.69) is 16.3 Å². The van der Waals surface area contributed by atoms with Gasteiger partial charge < -0.3 is 5.32 Å². The van der Waals surface area contributed by atoms with Crippen molar-refractivity contribution in [2.75, 3.05) is 43.5 Å². The van der Waals surface area contributed by atoms with E-state index in [4.69, 9.17) is 0 Å². The van der Waals surface area contributed by atoms with Crippen LogP contribution in [0.15, 0.2) is 41.3 Å². The third-order valence-electron chi connectivity index (χ3n) is 5.63. The zero-order valence-electron chi connectivity index (χ0n) is 18.6. The number of amides is 1. The lowest BCUT2D eigenvalue weighted by atomic mass is 10.1. The van der Waals surface area contributed by atoms with Crippen LogP contribution >= 0.6 is 11.8 Å². The van der Waals surface area contributed by atoms with Crippen molar-refractivity contribution in [2.45, 2.75) is 32.2 Å². The van der Waals surface area contributed by atoms with Gasteiger partial charge in [-0.2, -0.15) is 16.1 Å². The topological polar surface area (TPSA) is 69.7 Å². The number of hydrogen-bond acceptors (Lipinski definition) is 5. The Morgan fingerprint density at radius 2 is 1.74 bits per heavy atom. The molecule has 6 nitrogen and oxygen atoms in total. The van der Waals surface area contributed by atoms with E-state index in [-0.39, 0.29) is 17.3 Å². The predicted molar refractivity (Wildman–Crippen MR) is 128 cm³/mol.